The summed E-state index contributed by atoms with van der Waals surface area (Å²) in [7, 11) is 3.49. The number of esters is 3. The minimum absolute atomic E-state index is 0.393. The van der Waals surface area contributed by atoms with Gasteiger partial charge in [-0.1, -0.05) is 30.3 Å². The first-order valence-corrected chi connectivity index (χ1v) is 7.54. The number of methoxy groups -OCH3 is 3. The van der Waals surface area contributed by atoms with Crippen molar-refractivity contribution in [1.82, 2.24) is 4.90 Å². The fourth-order valence-corrected chi connectivity index (χ4v) is 3.04. The molecule has 3 atom stereocenters. The van der Waals surface area contributed by atoms with E-state index in [1.165, 1.54) is 14.2 Å². The highest BCUT2D eigenvalue weighted by Crippen LogP contribution is 2.42. The van der Waals surface area contributed by atoms with E-state index in [9.17, 15) is 19.2 Å². The van der Waals surface area contributed by atoms with Crippen LogP contribution in [0.2, 0.25) is 0 Å². The number of hydrogen-bond acceptors (Lipinski definition) is 7. The topological polar surface area (TPSA) is 99.2 Å². The Balaban J connectivity index is 2.56. The first-order valence-electron chi connectivity index (χ1n) is 7.54. The number of hydrogen-bond donors (Lipinski definition) is 0. The van der Waals surface area contributed by atoms with Crippen LogP contribution in [-0.4, -0.2) is 56.6 Å². The van der Waals surface area contributed by atoms with E-state index >= 15 is 0 Å². The lowest BCUT2D eigenvalue weighted by atomic mass is 9.86. The predicted octanol–water partition coefficient (Wildman–Crippen LogP) is 0.321. The zero-order valence-corrected chi connectivity index (χ0v) is 14.1. The van der Waals surface area contributed by atoms with E-state index in [1.54, 1.807) is 30.3 Å². The van der Waals surface area contributed by atoms with Gasteiger partial charge in [0.05, 0.1) is 27.4 Å². The van der Waals surface area contributed by atoms with E-state index in [4.69, 9.17) is 4.74 Å². The number of carbonyl (C=O) groups excluding carboxylic acids is 4. The highest BCUT2D eigenvalue weighted by molar-refractivity contribution is 6.05. The van der Waals surface area contributed by atoms with Crippen molar-refractivity contribution in [3.05, 3.63) is 35.9 Å². The maximum Gasteiger partial charge on any atom is 0.325 e. The summed E-state index contributed by atoms with van der Waals surface area (Å²) in [5.41, 5.74) is 0.599. The molecule has 0 radical (unpaired) electrons. The Labute approximate surface area is 144 Å². The van der Waals surface area contributed by atoms with Crippen LogP contribution in [0.3, 0.4) is 0 Å². The largest absolute Gasteiger partial charge is 0.469 e. The van der Waals surface area contributed by atoms with Crippen molar-refractivity contribution in [3.8, 4) is 0 Å². The number of ether oxygens (including phenoxy) is 3. The Morgan fingerprint density at radius 3 is 2.08 bits per heavy atom. The molecular formula is C17H19NO7. The molecule has 0 unspecified atom stereocenters. The third-order valence-corrected chi connectivity index (χ3v) is 4.18. The van der Waals surface area contributed by atoms with Crippen molar-refractivity contribution >= 4 is 23.8 Å². The first kappa shape index (κ1) is 18.4. The third kappa shape index (κ3) is 3.47. The van der Waals surface area contributed by atoms with Crippen molar-refractivity contribution in [2.24, 2.45) is 11.8 Å². The van der Waals surface area contributed by atoms with Gasteiger partial charge >= 0.3 is 17.9 Å². The van der Waals surface area contributed by atoms with E-state index in [1.807, 2.05) is 0 Å². The van der Waals surface area contributed by atoms with Gasteiger partial charge in [0.1, 0.15) is 12.5 Å². The zero-order chi connectivity index (χ0) is 18.6. The molecule has 2 rings (SSSR count). The molecule has 1 saturated heterocycles. The van der Waals surface area contributed by atoms with E-state index in [0.29, 0.717) is 5.56 Å². The van der Waals surface area contributed by atoms with Crippen LogP contribution >= 0.6 is 0 Å². The molecule has 0 N–H and O–H groups in total. The van der Waals surface area contributed by atoms with Crippen LogP contribution in [-0.2, 0) is 33.4 Å². The van der Waals surface area contributed by atoms with Gasteiger partial charge in [-0.2, -0.15) is 0 Å². The Kier molecular flexibility index (Phi) is 5.74. The number of benzene rings is 1. The van der Waals surface area contributed by atoms with Gasteiger partial charge in [-0.25, -0.2) is 0 Å². The van der Waals surface area contributed by atoms with Gasteiger partial charge in [0.2, 0.25) is 5.91 Å². The first-order chi connectivity index (χ1) is 12.0. The number of rotatable bonds is 5. The van der Waals surface area contributed by atoms with Crippen LogP contribution in [0.5, 0.6) is 0 Å². The summed E-state index contributed by atoms with van der Waals surface area (Å²) in [6.45, 7) is -0.393. The molecule has 1 heterocycles. The maximum atomic E-state index is 12.8. The minimum Gasteiger partial charge on any atom is -0.469 e. The highest BCUT2D eigenvalue weighted by atomic mass is 16.5. The summed E-state index contributed by atoms with van der Waals surface area (Å²) >= 11 is 0. The molecule has 1 amide bonds. The minimum atomic E-state index is -1.38. The number of likely N-dealkylation sites (tertiary alicyclic amines) is 1. The van der Waals surface area contributed by atoms with Gasteiger partial charge < -0.3 is 19.1 Å². The summed E-state index contributed by atoms with van der Waals surface area (Å²) in [6.07, 6.45) is 0. The average Bonchev–Trinajstić information content (AvgIpc) is 2.93. The predicted molar refractivity (Wildman–Crippen MR) is 83.9 cm³/mol. The molecule has 0 aliphatic carbocycles. The second-order valence-electron chi connectivity index (χ2n) is 5.45. The highest BCUT2D eigenvalue weighted by Gasteiger charge is 2.57. The molecule has 0 bridgehead atoms. The molecule has 8 nitrogen and oxygen atoms in total. The van der Waals surface area contributed by atoms with E-state index in [0.717, 1.165) is 12.0 Å². The fourth-order valence-electron chi connectivity index (χ4n) is 3.04. The maximum absolute atomic E-state index is 12.8. The monoisotopic (exact) mass is 349 g/mol. The lowest BCUT2D eigenvalue weighted by Crippen LogP contribution is -2.36. The molecule has 1 aliphatic heterocycles. The van der Waals surface area contributed by atoms with E-state index in [2.05, 4.69) is 9.47 Å². The third-order valence-electron chi connectivity index (χ3n) is 4.18. The van der Waals surface area contributed by atoms with Crippen LogP contribution in [0.1, 0.15) is 11.6 Å². The van der Waals surface area contributed by atoms with Crippen molar-refractivity contribution in [2.45, 2.75) is 6.04 Å². The molecule has 1 aromatic carbocycles. The molecular weight excluding hydrogens is 330 g/mol. The molecule has 0 aromatic heterocycles. The Morgan fingerprint density at radius 2 is 1.56 bits per heavy atom. The summed E-state index contributed by atoms with van der Waals surface area (Å²) in [4.78, 5) is 50.2. The molecule has 0 saturated carbocycles. The molecule has 1 fully saturated rings. The lowest BCUT2D eigenvalue weighted by molar-refractivity contribution is -0.159. The quantitative estimate of drug-likeness (QED) is 0.429. The normalized spacial score (nSPS) is 22.4. The Morgan fingerprint density at radius 1 is 0.960 bits per heavy atom. The Bertz CT molecular complexity index is 673. The summed E-state index contributed by atoms with van der Waals surface area (Å²) in [5, 5.41) is 0. The number of amides is 1. The SMILES string of the molecule is COC(=O)CN1C(=O)[C@@H](C(=O)OC)[C@H](C(=O)OC)[C@H]1c1ccccc1. The zero-order valence-electron chi connectivity index (χ0n) is 14.1. The van der Waals surface area contributed by atoms with Gasteiger partial charge in [0, 0.05) is 0 Å². The molecule has 8 heteroatoms. The van der Waals surface area contributed by atoms with Gasteiger partial charge in [0.25, 0.3) is 0 Å². The van der Waals surface area contributed by atoms with Gasteiger partial charge in [-0.05, 0) is 5.56 Å². The molecule has 134 valence electrons. The van der Waals surface area contributed by atoms with Crippen molar-refractivity contribution < 1.29 is 33.4 Å². The van der Waals surface area contributed by atoms with Crippen LogP contribution < -0.4 is 0 Å². The molecule has 1 aliphatic rings. The molecule has 1 aromatic rings. The van der Waals surface area contributed by atoms with Crippen LogP contribution in [0.15, 0.2) is 30.3 Å². The van der Waals surface area contributed by atoms with E-state index in [-0.39, 0.29) is 0 Å². The van der Waals surface area contributed by atoms with Gasteiger partial charge in [-0.15, -0.1) is 0 Å². The fraction of sp³-hybridized carbons (Fsp3) is 0.412. The molecule has 25 heavy (non-hydrogen) atoms. The van der Waals surface area contributed by atoms with Crippen LogP contribution in [0, 0.1) is 11.8 Å². The summed E-state index contributed by atoms with van der Waals surface area (Å²) in [6, 6.07) is 7.81. The van der Waals surface area contributed by atoms with Gasteiger partial charge in [-0.3, -0.25) is 19.2 Å². The smallest absolute Gasteiger partial charge is 0.325 e. The van der Waals surface area contributed by atoms with Crippen LogP contribution in [0.25, 0.3) is 0 Å². The summed E-state index contributed by atoms with van der Waals surface area (Å²) < 4.78 is 14.1. The van der Waals surface area contributed by atoms with Crippen LogP contribution in [0.4, 0.5) is 0 Å². The van der Waals surface area contributed by atoms with Crippen molar-refractivity contribution in [2.75, 3.05) is 27.9 Å². The van der Waals surface area contributed by atoms with Crippen molar-refractivity contribution in [1.29, 1.82) is 0 Å². The number of carbonyl (C=O) groups is 4. The Hall–Kier alpha value is -2.90. The standard InChI is InChI=1S/C17H19NO7/c1-23-11(19)9-18-14(10-7-5-4-6-8-10)12(16(21)24-2)13(15(18)20)17(22)25-3/h4-8,12-14H,9H2,1-3H3/t12-,13-,14+/m0/s1. The molecule has 0 spiro atoms. The summed E-state index contributed by atoms with van der Waals surface area (Å²) in [5.74, 6) is -5.44. The average molecular weight is 349 g/mol. The van der Waals surface area contributed by atoms with E-state index < -0.39 is 48.2 Å². The second kappa shape index (κ2) is 7.78. The lowest BCUT2D eigenvalue weighted by Gasteiger charge is -2.26. The second-order valence-corrected chi connectivity index (χ2v) is 5.45. The number of nitrogens with zero attached hydrogens (tertiary/aromatic N) is 1. The van der Waals surface area contributed by atoms with Gasteiger partial charge in [0.15, 0.2) is 5.92 Å². The van der Waals surface area contributed by atoms with Crippen molar-refractivity contribution in [3.63, 3.8) is 0 Å².